The van der Waals surface area contributed by atoms with E-state index in [1.165, 1.54) is 0 Å². The smallest absolute Gasteiger partial charge is 0.314 e. The van der Waals surface area contributed by atoms with Crippen LogP contribution in [0.2, 0.25) is 0 Å². The minimum Gasteiger partial charge on any atom is -0.458 e. The number of hydrogen-bond acceptors (Lipinski definition) is 5. The predicted molar refractivity (Wildman–Crippen MR) is 78.4 cm³/mol. The number of aryl methyl sites for hydroxylation is 2. The molecule has 0 spiro atoms. The SMILES string of the molecule is CCc1oc(CC)c(OC(=O)C(C)C)c1OC(=O)C(C)C. The Morgan fingerprint density at radius 3 is 1.43 bits per heavy atom. The minimum atomic E-state index is -0.380. The Labute approximate surface area is 125 Å². The van der Waals surface area contributed by atoms with Gasteiger partial charge in [-0.1, -0.05) is 41.5 Å². The van der Waals surface area contributed by atoms with E-state index < -0.39 is 0 Å². The predicted octanol–water partition coefficient (Wildman–Crippen LogP) is 3.53. The molecule has 0 saturated heterocycles. The van der Waals surface area contributed by atoms with Gasteiger partial charge in [-0.3, -0.25) is 9.59 Å². The molecule has 0 radical (unpaired) electrons. The molecule has 0 fully saturated rings. The molecule has 0 atom stereocenters. The van der Waals surface area contributed by atoms with Gasteiger partial charge in [-0.15, -0.1) is 0 Å². The summed E-state index contributed by atoms with van der Waals surface area (Å²) in [7, 11) is 0. The molecule has 0 bridgehead atoms. The molecule has 21 heavy (non-hydrogen) atoms. The summed E-state index contributed by atoms with van der Waals surface area (Å²) < 4.78 is 16.4. The van der Waals surface area contributed by atoms with Gasteiger partial charge in [-0.2, -0.15) is 0 Å². The van der Waals surface area contributed by atoms with E-state index in [0.717, 1.165) is 0 Å². The van der Waals surface area contributed by atoms with Gasteiger partial charge in [0.2, 0.25) is 11.5 Å². The monoisotopic (exact) mass is 296 g/mol. The van der Waals surface area contributed by atoms with Crippen LogP contribution < -0.4 is 9.47 Å². The lowest BCUT2D eigenvalue weighted by Crippen LogP contribution is -2.18. The van der Waals surface area contributed by atoms with Crippen LogP contribution in [-0.2, 0) is 22.4 Å². The average molecular weight is 296 g/mol. The lowest BCUT2D eigenvalue weighted by atomic mass is 10.2. The largest absolute Gasteiger partial charge is 0.458 e. The van der Waals surface area contributed by atoms with Crippen LogP contribution in [-0.4, -0.2) is 11.9 Å². The highest BCUT2D eigenvalue weighted by molar-refractivity contribution is 5.78. The van der Waals surface area contributed by atoms with E-state index >= 15 is 0 Å². The van der Waals surface area contributed by atoms with E-state index in [9.17, 15) is 9.59 Å². The third kappa shape index (κ3) is 4.09. The molecule has 0 aromatic carbocycles. The quantitative estimate of drug-likeness (QED) is 0.751. The fourth-order valence-corrected chi connectivity index (χ4v) is 1.60. The van der Waals surface area contributed by atoms with Gasteiger partial charge >= 0.3 is 11.9 Å². The second-order valence-corrected chi connectivity index (χ2v) is 5.47. The molecule has 1 aromatic heterocycles. The van der Waals surface area contributed by atoms with E-state index in [1.54, 1.807) is 27.7 Å². The first-order chi connectivity index (χ1) is 9.81. The zero-order chi connectivity index (χ0) is 16.2. The van der Waals surface area contributed by atoms with Crippen molar-refractivity contribution in [3.8, 4) is 11.5 Å². The summed E-state index contributed by atoms with van der Waals surface area (Å²) in [5, 5.41) is 0. The Balaban J connectivity index is 3.21. The number of furan rings is 1. The van der Waals surface area contributed by atoms with Crippen molar-refractivity contribution in [3.63, 3.8) is 0 Å². The summed E-state index contributed by atoms with van der Waals surface area (Å²) in [5.74, 6) is 0.209. The molecular formula is C16H24O5. The summed E-state index contributed by atoms with van der Waals surface area (Å²) in [4.78, 5) is 23.7. The molecule has 1 rings (SSSR count). The Morgan fingerprint density at radius 2 is 1.19 bits per heavy atom. The molecule has 1 heterocycles. The first kappa shape index (κ1) is 17.3. The lowest BCUT2D eigenvalue weighted by molar-refractivity contribution is -0.140. The first-order valence-electron chi connectivity index (χ1n) is 7.39. The number of hydrogen-bond donors (Lipinski definition) is 0. The summed E-state index contributed by atoms with van der Waals surface area (Å²) in [6.07, 6.45) is 1.10. The van der Waals surface area contributed by atoms with Crippen molar-refractivity contribution in [2.45, 2.75) is 54.4 Å². The highest BCUT2D eigenvalue weighted by atomic mass is 16.6. The van der Waals surface area contributed by atoms with Crippen LogP contribution in [0, 0.1) is 11.8 Å². The second-order valence-electron chi connectivity index (χ2n) is 5.47. The average Bonchev–Trinajstić information content (AvgIpc) is 2.75. The van der Waals surface area contributed by atoms with Crippen molar-refractivity contribution in [1.29, 1.82) is 0 Å². The van der Waals surface area contributed by atoms with Crippen molar-refractivity contribution < 1.29 is 23.5 Å². The van der Waals surface area contributed by atoms with Crippen LogP contribution >= 0.6 is 0 Å². The zero-order valence-corrected chi connectivity index (χ0v) is 13.6. The third-order valence-corrected chi connectivity index (χ3v) is 2.95. The normalized spacial score (nSPS) is 11.0. The van der Waals surface area contributed by atoms with Gasteiger partial charge in [0.15, 0.2) is 11.5 Å². The van der Waals surface area contributed by atoms with Gasteiger partial charge < -0.3 is 13.9 Å². The standard InChI is InChI=1S/C16H24O5/c1-7-11-13(20-15(17)9(3)4)14(12(8-2)19-11)21-16(18)10(5)6/h9-10H,7-8H2,1-6H3. The molecule has 0 amide bonds. The molecule has 0 N–H and O–H groups in total. The molecule has 0 aliphatic rings. The van der Waals surface area contributed by atoms with Gasteiger partial charge in [0.25, 0.3) is 0 Å². The van der Waals surface area contributed by atoms with Crippen molar-refractivity contribution in [2.75, 3.05) is 0 Å². The van der Waals surface area contributed by atoms with Crippen molar-refractivity contribution in [1.82, 2.24) is 0 Å². The Kier molecular flexibility index (Phi) is 6.00. The highest BCUT2D eigenvalue weighted by Gasteiger charge is 2.27. The van der Waals surface area contributed by atoms with Crippen molar-refractivity contribution >= 4 is 11.9 Å². The maximum Gasteiger partial charge on any atom is 0.314 e. The topological polar surface area (TPSA) is 65.7 Å². The van der Waals surface area contributed by atoms with E-state index in [0.29, 0.717) is 24.4 Å². The number of carbonyl (C=O) groups is 2. The summed E-state index contributed by atoms with van der Waals surface area (Å²) >= 11 is 0. The van der Waals surface area contributed by atoms with E-state index in [1.807, 2.05) is 13.8 Å². The number of carbonyl (C=O) groups excluding carboxylic acids is 2. The van der Waals surface area contributed by atoms with Crippen molar-refractivity contribution in [3.05, 3.63) is 11.5 Å². The molecule has 5 nitrogen and oxygen atoms in total. The summed E-state index contributed by atoms with van der Waals surface area (Å²) in [5.41, 5.74) is 0. The van der Waals surface area contributed by atoms with Gasteiger partial charge in [0.1, 0.15) is 0 Å². The van der Waals surface area contributed by atoms with Crippen LogP contribution in [0.5, 0.6) is 11.5 Å². The number of ether oxygens (including phenoxy) is 2. The molecule has 1 aromatic rings. The van der Waals surface area contributed by atoms with Gasteiger partial charge in [0.05, 0.1) is 11.8 Å². The van der Waals surface area contributed by atoms with Gasteiger partial charge in [-0.25, -0.2) is 0 Å². The Morgan fingerprint density at radius 1 is 0.857 bits per heavy atom. The van der Waals surface area contributed by atoms with E-state index in [2.05, 4.69) is 0 Å². The zero-order valence-electron chi connectivity index (χ0n) is 13.6. The van der Waals surface area contributed by atoms with Crippen LogP contribution in [0.15, 0.2) is 4.42 Å². The van der Waals surface area contributed by atoms with Crippen LogP contribution in [0.25, 0.3) is 0 Å². The van der Waals surface area contributed by atoms with Crippen molar-refractivity contribution in [2.24, 2.45) is 11.8 Å². The van der Waals surface area contributed by atoms with Gasteiger partial charge in [-0.05, 0) is 0 Å². The van der Waals surface area contributed by atoms with Crippen LogP contribution in [0.4, 0.5) is 0 Å². The van der Waals surface area contributed by atoms with E-state index in [-0.39, 0.29) is 35.3 Å². The molecular weight excluding hydrogens is 272 g/mol. The molecule has 0 unspecified atom stereocenters. The summed E-state index contributed by atoms with van der Waals surface area (Å²) in [6, 6.07) is 0. The second kappa shape index (κ2) is 7.29. The summed E-state index contributed by atoms with van der Waals surface area (Å²) in [6.45, 7) is 10.8. The molecule has 0 saturated carbocycles. The molecule has 118 valence electrons. The lowest BCUT2D eigenvalue weighted by Gasteiger charge is -2.10. The molecule has 5 heteroatoms. The minimum absolute atomic E-state index is 0.238. The third-order valence-electron chi connectivity index (χ3n) is 2.95. The fourth-order valence-electron chi connectivity index (χ4n) is 1.60. The number of esters is 2. The fraction of sp³-hybridized carbons (Fsp3) is 0.625. The highest BCUT2D eigenvalue weighted by Crippen LogP contribution is 2.39. The van der Waals surface area contributed by atoms with Crippen LogP contribution in [0.3, 0.4) is 0 Å². The maximum absolute atomic E-state index is 11.8. The van der Waals surface area contributed by atoms with Gasteiger partial charge in [0, 0.05) is 12.8 Å². The Hall–Kier alpha value is -1.78. The van der Waals surface area contributed by atoms with E-state index in [4.69, 9.17) is 13.9 Å². The molecule has 0 aliphatic carbocycles. The molecule has 0 aliphatic heterocycles. The van der Waals surface area contributed by atoms with Crippen LogP contribution in [0.1, 0.15) is 53.1 Å². The number of rotatable bonds is 6. The first-order valence-corrected chi connectivity index (χ1v) is 7.39. The Bertz CT molecular complexity index is 466. The maximum atomic E-state index is 11.8.